The van der Waals surface area contributed by atoms with E-state index < -0.39 is 0 Å². The molecule has 1 aromatic heterocycles. The fourth-order valence-corrected chi connectivity index (χ4v) is 3.40. The highest BCUT2D eigenvalue weighted by Gasteiger charge is 2.09. The Balaban J connectivity index is 1.83. The minimum Gasteiger partial charge on any atom is -0.497 e. The highest BCUT2D eigenvalue weighted by molar-refractivity contribution is 5.92. The zero-order valence-corrected chi connectivity index (χ0v) is 17.0. The predicted octanol–water partition coefficient (Wildman–Crippen LogP) is 7.01. The normalized spacial score (nSPS) is 10.5. The maximum absolute atomic E-state index is 5.28. The molecule has 1 heterocycles. The van der Waals surface area contributed by atoms with E-state index in [1.807, 2.05) is 24.4 Å². The fraction of sp³-hybridized carbons (Fsp3) is 0.346. The fourth-order valence-electron chi connectivity index (χ4n) is 3.40. The van der Waals surface area contributed by atoms with Crippen LogP contribution in [0, 0.1) is 11.8 Å². The van der Waals surface area contributed by atoms with Gasteiger partial charge in [0, 0.05) is 29.0 Å². The average Bonchev–Trinajstić information content (AvgIpc) is 2.75. The van der Waals surface area contributed by atoms with Gasteiger partial charge in [-0.25, -0.2) is 0 Å². The van der Waals surface area contributed by atoms with Crippen molar-refractivity contribution >= 4 is 10.8 Å². The zero-order valence-electron chi connectivity index (χ0n) is 17.0. The molecule has 3 rings (SSSR count). The molecule has 0 spiro atoms. The number of fused-ring (bicyclic) bond motifs is 1. The molecule has 0 aliphatic carbocycles. The molecule has 144 valence electrons. The third-order valence-electron chi connectivity index (χ3n) is 5.03. The van der Waals surface area contributed by atoms with Crippen LogP contribution in [0.1, 0.15) is 57.4 Å². The van der Waals surface area contributed by atoms with E-state index >= 15 is 0 Å². The van der Waals surface area contributed by atoms with Crippen molar-refractivity contribution in [1.82, 2.24) is 4.98 Å². The zero-order chi connectivity index (χ0) is 19.6. The number of aromatic nitrogens is 1. The van der Waals surface area contributed by atoms with Crippen LogP contribution in [0.15, 0.2) is 54.7 Å². The molecule has 0 aliphatic rings. The van der Waals surface area contributed by atoms with Crippen molar-refractivity contribution in [3.8, 4) is 28.8 Å². The summed E-state index contributed by atoms with van der Waals surface area (Å²) in [6, 6.07) is 16.4. The van der Waals surface area contributed by atoms with Crippen molar-refractivity contribution in [2.45, 2.75) is 51.9 Å². The second-order valence-electron chi connectivity index (χ2n) is 7.12. The lowest BCUT2D eigenvalue weighted by atomic mass is 10.00. The topological polar surface area (TPSA) is 22.1 Å². The standard InChI is InChI=1S/C26H29NO/c1-3-4-5-6-7-8-9-10-15-25-24-14-12-11-13-22(24)20-27-26(25)21-16-18-23(28-2)19-17-21/h11-14,16-20H,3-9H2,1-2H3. The van der Waals surface area contributed by atoms with E-state index in [1.54, 1.807) is 7.11 Å². The van der Waals surface area contributed by atoms with Crippen LogP contribution in [0.2, 0.25) is 0 Å². The number of rotatable bonds is 8. The molecule has 3 aromatic rings. The molecule has 0 N–H and O–H groups in total. The van der Waals surface area contributed by atoms with Gasteiger partial charge in [0.15, 0.2) is 0 Å². The van der Waals surface area contributed by atoms with Gasteiger partial charge in [0.2, 0.25) is 0 Å². The molecular formula is C26H29NO. The van der Waals surface area contributed by atoms with Crippen LogP contribution < -0.4 is 4.74 Å². The highest BCUT2D eigenvalue weighted by Crippen LogP contribution is 2.28. The molecule has 2 heteroatoms. The van der Waals surface area contributed by atoms with E-state index in [1.165, 1.54) is 43.9 Å². The maximum Gasteiger partial charge on any atom is 0.118 e. The second kappa shape index (κ2) is 10.5. The van der Waals surface area contributed by atoms with Gasteiger partial charge in [0.25, 0.3) is 0 Å². The number of benzene rings is 2. The Labute approximate surface area is 169 Å². The smallest absolute Gasteiger partial charge is 0.118 e. The number of methoxy groups -OCH3 is 1. The third kappa shape index (κ3) is 5.14. The van der Waals surface area contributed by atoms with Crippen molar-refractivity contribution in [2.75, 3.05) is 7.11 Å². The Bertz CT molecular complexity index is 948. The van der Waals surface area contributed by atoms with E-state index in [0.717, 1.165) is 34.4 Å². The van der Waals surface area contributed by atoms with Gasteiger partial charge in [-0.05, 0) is 30.7 Å². The van der Waals surface area contributed by atoms with E-state index in [9.17, 15) is 0 Å². The minimum absolute atomic E-state index is 0.847. The van der Waals surface area contributed by atoms with Crippen molar-refractivity contribution in [3.63, 3.8) is 0 Å². The average molecular weight is 372 g/mol. The molecule has 0 saturated carbocycles. The van der Waals surface area contributed by atoms with Crippen LogP contribution in [0.5, 0.6) is 5.75 Å². The molecule has 0 atom stereocenters. The van der Waals surface area contributed by atoms with E-state index in [-0.39, 0.29) is 0 Å². The molecule has 0 radical (unpaired) electrons. The largest absolute Gasteiger partial charge is 0.497 e. The van der Waals surface area contributed by atoms with Gasteiger partial charge in [-0.2, -0.15) is 0 Å². The molecule has 0 fully saturated rings. The molecule has 0 amide bonds. The van der Waals surface area contributed by atoms with Gasteiger partial charge in [0.05, 0.1) is 18.4 Å². The Morgan fingerprint density at radius 2 is 1.64 bits per heavy atom. The van der Waals surface area contributed by atoms with Crippen LogP contribution in [0.4, 0.5) is 0 Å². The molecular weight excluding hydrogens is 342 g/mol. The molecule has 2 aromatic carbocycles. The Morgan fingerprint density at radius 1 is 0.893 bits per heavy atom. The minimum atomic E-state index is 0.847. The van der Waals surface area contributed by atoms with Gasteiger partial charge in [-0.3, -0.25) is 4.98 Å². The first-order valence-corrected chi connectivity index (χ1v) is 10.3. The van der Waals surface area contributed by atoms with Gasteiger partial charge < -0.3 is 4.74 Å². The first-order chi connectivity index (χ1) is 13.8. The van der Waals surface area contributed by atoms with Crippen molar-refractivity contribution in [1.29, 1.82) is 0 Å². The van der Waals surface area contributed by atoms with Crippen molar-refractivity contribution in [2.24, 2.45) is 0 Å². The van der Waals surface area contributed by atoms with Crippen LogP contribution in [0.25, 0.3) is 22.0 Å². The summed E-state index contributed by atoms with van der Waals surface area (Å²) in [5, 5.41) is 2.29. The lowest BCUT2D eigenvalue weighted by Crippen LogP contribution is -1.92. The maximum atomic E-state index is 5.28. The second-order valence-corrected chi connectivity index (χ2v) is 7.12. The molecule has 2 nitrogen and oxygen atoms in total. The van der Waals surface area contributed by atoms with E-state index in [0.29, 0.717) is 0 Å². The number of pyridine rings is 1. The lowest BCUT2D eigenvalue weighted by Gasteiger charge is -2.09. The Morgan fingerprint density at radius 3 is 2.43 bits per heavy atom. The molecule has 0 bridgehead atoms. The predicted molar refractivity (Wildman–Crippen MR) is 119 cm³/mol. The summed E-state index contributed by atoms with van der Waals surface area (Å²) in [5.74, 6) is 7.69. The van der Waals surface area contributed by atoms with Gasteiger partial charge in [-0.15, -0.1) is 0 Å². The number of nitrogens with zero attached hydrogens (tertiary/aromatic N) is 1. The summed E-state index contributed by atoms with van der Waals surface area (Å²) in [7, 11) is 1.68. The summed E-state index contributed by atoms with van der Waals surface area (Å²) in [6.07, 6.45) is 10.6. The summed E-state index contributed by atoms with van der Waals surface area (Å²) in [5.41, 5.74) is 3.03. The van der Waals surface area contributed by atoms with Crippen LogP contribution in [0.3, 0.4) is 0 Å². The van der Waals surface area contributed by atoms with Crippen molar-refractivity contribution < 1.29 is 4.74 Å². The quantitative estimate of drug-likeness (QED) is 0.314. The monoisotopic (exact) mass is 371 g/mol. The molecule has 0 saturated heterocycles. The van der Waals surface area contributed by atoms with Gasteiger partial charge in [0.1, 0.15) is 5.75 Å². The molecule has 28 heavy (non-hydrogen) atoms. The number of ether oxygens (including phenoxy) is 1. The van der Waals surface area contributed by atoms with Gasteiger partial charge in [-0.1, -0.05) is 75.1 Å². The summed E-state index contributed by atoms with van der Waals surface area (Å²) in [6.45, 7) is 2.25. The third-order valence-corrected chi connectivity index (χ3v) is 5.03. The lowest BCUT2D eigenvalue weighted by molar-refractivity contribution is 0.415. The Hall–Kier alpha value is -2.79. The molecule has 0 unspecified atom stereocenters. The highest BCUT2D eigenvalue weighted by atomic mass is 16.5. The van der Waals surface area contributed by atoms with Crippen LogP contribution in [-0.2, 0) is 0 Å². The number of hydrogen-bond donors (Lipinski definition) is 0. The first-order valence-electron chi connectivity index (χ1n) is 10.3. The van der Waals surface area contributed by atoms with Crippen LogP contribution in [-0.4, -0.2) is 12.1 Å². The summed E-state index contributed by atoms with van der Waals surface area (Å²) < 4.78 is 5.28. The summed E-state index contributed by atoms with van der Waals surface area (Å²) in [4.78, 5) is 4.74. The molecule has 0 aliphatic heterocycles. The van der Waals surface area contributed by atoms with Gasteiger partial charge >= 0.3 is 0 Å². The van der Waals surface area contributed by atoms with E-state index in [2.05, 4.69) is 49.1 Å². The van der Waals surface area contributed by atoms with E-state index in [4.69, 9.17) is 9.72 Å². The Kier molecular flexibility index (Phi) is 7.50. The first kappa shape index (κ1) is 20.0. The number of hydrogen-bond acceptors (Lipinski definition) is 2. The SMILES string of the molecule is CCCCCCCCC#Cc1c(-c2ccc(OC)cc2)ncc2ccccc12. The summed E-state index contributed by atoms with van der Waals surface area (Å²) >= 11 is 0. The van der Waals surface area contributed by atoms with Crippen molar-refractivity contribution in [3.05, 3.63) is 60.3 Å². The number of unbranched alkanes of at least 4 members (excludes halogenated alkanes) is 6. The van der Waals surface area contributed by atoms with Crippen LogP contribution >= 0.6 is 0 Å².